The molecule has 1 fully saturated rings. The Morgan fingerprint density at radius 3 is 2.42 bits per heavy atom. The monoisotopic (exact) mass is 324 g/mol. The normalized spacial score (nSPS) is 17.8. The van der Waals surface area contributed by atoms with E-state index < -0.39 is 0 Å². The number of rotatable bonds is 4. The molecule has 0 spiro atoms. The number of nitrogens with zero attached hydrogens (tertiary/aromatic N) is 2. The van der Waals surface area contributed by atoms with Crippen molar-refractivity contribution in [1.29, 1.82) is 0 Å². The van der Waals surface area contributed by atoms with Crippen LogP contribution >= 0.6 is 0 Å². The second kappa shape index (κ2) is 7.14. The topological polar surface area (TPSA) is 24.9 Å². The molecule has 4 rings (SSSR count). The van der Waals surface area contributed by atoms with Crippen LogP contribution in [0.15, 0.2) is 48.5 Å². The Hall–Kier alpha value is -2.20. The molecule has 2 aromatic rings. The van der Waals surface area contributed by atoms with Crippen molar-refractivity contribution in [2.45, 2.75) is 6.42 Å². The van der Waals surface area contributed by atoms with E-state index in [1.165, 1.54) is 11.3 Å². The molecule has 0 amide bonds. The van der Waals surface area contributed by atoms with Gasteiger partial charge in [-0.2, -0.15) is 0 Å². The average Bonchev–Trinajstić information content (AvgIpc) is 2.67. The zero-order valence-corrected chi connectivity index (χ0v) is 14.0. The fraction of sp³-hybridized carbons (Fsp3) is 0.400. The van der Waals surface area contributed by atoms with E-state index in [0.717, 1.165) is 50.6 Å². The quantitative estimate of drug-likeness (QED) is 0.863. The van der Waals surface area contributed by atoms with E-state index in [9.17, 15) is 0 Å². The summed E-state index contributed by atoms with van der Waals surface area (Å²) in [6.07, 6.45) is 1.12. The zero-order valence-electron chi connectivity index (χ0n) is 14.0. The molecule has 0 unspecified atom stereocenters. The highest BCUT2D eigenvalue weighted by molar-refractivity contribution is 5.65. The molecule has 0 radical (unpaired) electrons. The minimum atomic E-state index is 0.640. The molecular formula is C20H24N2O2. The highest BCUT2D eigenvalue weighted by Gasteiger charge is 2.23. The van der Waals surface area contributed by atoms with Gasteiger partial charge in [0, 0.05) is 32.7 Å². The van der Waals surface area contributed by atoms with Gasteiger partial charge in [-0.15, -0.1) is 0 Å². The highest BCUT2D eigenvalue weighted by Crippen LogP contribution is 2.39. The molecule has 0 aliphatic carbocycles. The molecule has 0 aromatic heterocycles. The van der Waals surface area contributed by atoms with E-state index in [4.69, 9.17) is 9.47 Å². The third-order valence-corrected chi connectivity index (χ3v) is 4.82. The molecule has 2 aromatic carbocycles. The van der Waals surface area contributed by atoms with Crippen LogP contribution in [0.4, 0.5) is 5.69 Å². The second-order valence-corrected chi connectivity index (χ2v) is 6.37. The number of hydrogen-bond acceptors (Lipinski definition) is 4. The number of ether oxygens (including phenoxy) is 2. The summed E-state index contributed by atoms with van der Waals surface area (Å²) in [5.41, 5.74) is 2.59. The first-order chi connectivity index (χ1) is 11.9. The first-order valence-corrected chi connectivity index (χ1v) is 8.80. The summed E-state index contributed by atoms with van der Waals surface area (Å²) < 4.78 is 11.6. The van der Waals surface area contributed by atoms with E-state index in [1.54, 1.807) is 0 Å². The van der Waals surface area contributed by atoms with Crippen LogP contribution in [0.3, 0.4) is 0 Å². The van der Waals surface area contributed by atoms with Gasteiger partial charge in [0.1, 0.15) is 13.2 Å². The van der Waals surface area contributed by atoms with Crippen LogP contribution in [0.5, 0.6) is 11.5 Å². The van der Waals surface area contributed by atoms with Gasteiger partial charge in [-0.25, -0.2) is 0 Å². The maximum atomic E-state index is 5.86. The van der Waals surface area contributed by atoms with Gasteiger partial charge in [-0.05, 0) is 24.1 Å². The largest absolute Gasteiger partial charge is 0.486 e. The molecule has 2 aliphatic heterocycles. The van der Waals surface area contributed by atoms with E-state index in [0.29, 0.717) is 13.2 Å². The van der Waals surface area contributed by atoms with Crippen LogP contribution < -0.4 is 14.4 Å². The number of benzene rings is 2. The lowest BCUT2D eigenvalue weighted by Gasteiger charge is -2.37. The van der Waals surface area contributed by atoms with Gasteiger partial charge in [0.15, 0.2) is 11.5 Å². The molecule has 0 bridgehead atoms. The van der Waals surface area contributed by atoms with E-state index in [1.807, 2.05) is 6.07 Å². The smallest absolute Gasteiger partial charge is 0.184 e. The van der Waals surface area contributed by atoms with Gasteiger partial charge in [-0.3, -0.25) is 4.90 Å². The lowest BCUT2D eigenvalue weighted by atomic mass is 10.1. The van der Waals surface area contributed by atoms with Gasteiger partial charge in [-0.1, -0.05) is 36.4 Å². The van der Waals surface area contributed by atoms with E-state index in [-0.39, 0.29) is 0 Å². The first-order valence-electron chi connectivity index (χ1n) is 8.80. The molecule has 126 valence electrons. The SMILES string of the molecule is c1ccc(CCN2CCN(c3cccc4c3OCCO4)CC2)cc1. The molecule has 4 nitrogen and oxygen atoms in total. The van der Waals surface area contributed by atoms with Gasteiger partial charge >= 0.3 is 0 Å². The van der Waals surface area contributed by atoms with Crippen LogP contribution in [-0.4, -0.2) is 50.8 Å². The Labute approximate surface area is 143 Å². The third-order valence-electron chi connectivity index (χ3n) is 4.82. The minimum Gasteiger partial charge on any atom is -0.486 e. The van der Waals surface area contributed by atoms with Crippen molar-refractivity contribution in [3.05, 3.63) is 54.1 Å². The maximum absolute atomic E-state index is 5.86. The Bertz CT molecular complexity index is 667. The van der Waals surface area contributed by atoms with Crippen LogP contribution in [-0.2, 0) is 6.42 Å². The Balaban J connectivity index is 1.35. The van der Waals surface area contributed by atoms with Crippen LogP contribution in [0.1, 0.15) is 5.56 Å². The maximum Gasteiger partial charge on any atom is 0.184 e. The van der Waals surface area contributed by atoms with E-state index >= 15 is 0 Å². The molecule has 0 atom stereocenters. The fourth-order valence-electron chi connectivity index (χ4n) is 3.45. The Morgan fingerprint density at radius 2 is 1.58 bits per heavy atom. The lowest BCUT2D eigenvalue weighted by molar-refractivity contribution is 0.171. The number of fused-ring (bicyclic) bond motifs is 1. The summed E-state index contributed by atoms with van der Waals surface area (Å²) >= 11 is 0. The third kappa shape index (κ3) is 3.34. The van der Waals surface area contributed by atoms with Gasteiger partial charge in [0.2, 0.25) is 0 Å². The van der Waals surface area contributed by atoms with Crippen LogP contribution in [0.25, 0.3) is 0 Å². The summed E-state index contributed by atoms with van der Waals surface area (Å²) in [6.45, 7) is 6.67. The van der Waals surface area contributed by atoms with E-state index in [2.05, 4.69) is 52.3 Å². The van der Waals surface area contributed by atoms with Crippen molar-refractivity contribution < 1.29 is 9.47 Å². The number of hydrogen-bond donors (Lipinski definition) is 0. The summed E-state index contributed by atoms with van der Waals surface area (Å²) in [5.74, 6) is 1.80. The number of piperazine rings is 1. The van der Waals surface area contributed by atoms with Crippen molar-refractivity contribution in [2.75, 3.05) is 50.8 Å². The van der Waals surface area contributed by atoms with Gasteiger partial charge in [0.05, 0.1) is 5.69 Å². The second-order valence-electron chi connectivity index (χ2n) is 6.37. The molecule has 2 heterocycles. The summed E-state index contributed by atoms with van der Waals surface area (Å²) in [4.78, 5) is 4.97. The van der Waals surface area contributed by atoms with Crippen molar-refractivity contribution >= 4 is 5.69 Å². The highest BCUT2D eigenvalue weighted by atomic mass is 16.6. The van der Waals surface area contributed by atoms with Crippen molar-refractivity contribution in [3.63, 3.8) is 0 Å². The molecular weight excluding hydrogens is 300 g/mol. The number of para-hydroxylation sites is 1. The Morgan fingerprint density at radius 1 is 0.792 bits per heavy atom. The average molecular weight is 324 g/mol. The summed E-state index contributed by atoms with van der Waals surface area (Å²) in [5, 5.41) is 0. The molecule has 24 heavy (non-hydrogen) atoms. The lowest BCUT2D eigenvalue weighted by Crippen LogP contribution is -2.47. The molecule has 2 aliphatic rings. The number of anilines is 1. The van der Waals surface area contributed by atoms with Gasteiger partial charge in [0.25, 0.3) is 0 Å². The van der Waals surface area contributed by atoms with Gasteiger partial charge < -0.3 is 14.4 Å². The molecule has 4 heteroatoms. The first kappa shape index (κ1) is 15.3. The summed E-state index contributed by atoms with van der Waals surface area (Å²) in [7, 11) is 0. The molecule has 1 saturated heterocycles. The van der Waals surface area contributed by atoms with Crippen LogP contribution in [0, 0.1) is 0 Å². The van der Waals surface area contributed by atoms with Crippen molar-refractivity contribution in [2.24, 2.45) is 0 Å². The predicted molar refractivity (Wildman–Crippen MR) is 96.2 cm³/mol. The fourth-order valence-corrected chi connectivity index (χ4v) is 3.45. The summed E-state index contributed by atoms with van der Waals surface area (Å²) in [6, 6.07) is 16.9. The standard InChI is InChI=1S/C20H24N2O2/c1-2-5-17(6-3-1)9-10-21-11-13-22(14-12-21)18-7-4-8-19-20(18)24-16-15-23-19/h1-8H,9-16H2. The van der Waals surface area contributed by atoms with Crippen LogP contribution in [0.2, 0.25) is 0 Å². The zero-order chi connectivity index (χ0) is 16.2. The van der Waals surface area contributed by atoms with Crippen molar-refractivity contribution in [3.8, 4) is 11.5 Å². The molecule has 0 saturated carbocycles. The molecule has 0 N–H and O–H groups in total. The van der Waals surface area contributed by atoms with Crippen molar-refractivity contribution in [1.82, 2.24) is 4.90 Å². The minimum absolute atomic E-state index is 0.640. The Kier molecular flexibility index (Phi) is 4.56. The predicted octanol–water partition coefficient (Wildman–Crippen LogP) is 2.82.